The van der Waals surface area contributed by atoms with Crippen molar-refractivity contribution in [2.45, 2.75) is 34.4 Å². The van der Waals surface area contributed by atoms with Crippen LogP contribution in [0.25, 0.3) is 0 Å². The van der Waals surface area contributed by atoms with Crippen molar-refractivity contribution in [1.82, 2.24) is 30.4 Å². The van der Waals surface area contributed by atoms with E-state index >= 15 is 0 Å². The van der Waals surface area contributed by atoms with E-state index in [0.29, 0.717) is 16.3 Å². The van der Waals surface area contributed by atoms with Crippen LogP contribution in [-0.2, 0) is 40.4 Å². The second-order valence-corrected chi connectivity index (χ2v) is 16.6. The molecule has 6 aromatic rings. The fourth-order valence-corrected chi connectivity index (χ4v) is 10.3. The number of aromatic nitrogens is 4. The number of benzene rings is 4. The first-order chi connectivity index (χ1) is 29.3. The van der Waals surface area contributed by atoms with E-state index in [0.717, 1.165) is 22.3 Å². The third-order valence-electron chi connectivity index (χ3n) is 10.1. The van der Waals surface area contributed by atoms with Gasteiger partial charge in [0.2, 0.25) is 11.1 Å². The lowest BCUT2D eigenvalue weighted by Gasteiger charge is -2.56. The Balaban J connectivity index is 1.10. The van der Waals surface area contributed by atoms with E-state index < -0.39 is 53.0 Å². The summed E-state index contributed by atoms with van der Waals surface area (Å²) in [6.07, 6.45) is -1.61. The van der Waals surface area contributed by atoms with E-state index in [4.69, 9.17) is 14.2 Å². The van der Waals surface area contributed by atoms with Gasteiger partial charge in [-0.1, -0.05) is 133 Å². The molecule has 4 aromatic carbocycles. The van der Waals surface area contributed by atoms with Crippen LogP contribution < -0.4 is 5.32 Å². The third-order valence-corrected chi connectivity index (χ3v) is 13.3. The van der Waals surface area contributed by atoms with Gasteiger partial charge in [0.1, 0.15) is 11.1 Å². The smallest absolute Gasteiger partial charge is 0.356 e. The first-order valence-corrected chi connectivity index (χ1v) is 21.8. The van der Waals surface area contributed by atoms with Crippen LogP contribution in [-0.4, -0.2) is 78.6 Å². The van der Waals surface area contributed by atoms with E-state index in [9.17, 15) is 19.2 Å². The molecule has 4 heterocycles. The predicted octanol–water partition coefficient (Wildman–Crippen LogP) is 6.44. The van der Waals surface area contributed by atoms with Gasteiger partial charge in [-0.15, -0.1) is 16.9 Å². The zero-order valence-electron chi connectivity index (χ0n) is 32.3. The highest BCUT2D eigenvalue weighted by atomic mass is 32.2. The Hall–Kier alpha value is -6.07. The summed E-state index contributed by atoms with van der Waals surface area (Å²) >= 11 is 3.93. The first kappa shape index (κ1) is 40.7. The predicted molar refractivity (Wildman–Crippen MR) is 226 cm³/mol. The highest BCUT2D eigenvalue weighted by Crippen LogP contribution is 2.48. The van der Waals surface area contributed by atoms with Crippen molar-refractivity contribution in [2.75, 3.05) is 18.6 Å². The van der Waals surface area contributed by atoms with E-state index in [1.807, 2.05) is 121 Å². The zero-order chi connectivity index (χ0) is 41.6. The van der Waals surface area contributed by atoms with Crippen molar-refractivity contribution in [1.29, 1.82) is 0 Å². The second kappa shape index (κ2) is 18.0. The molecular formula is C44H38N6O7S3. The van der Waals surface area contributed by atoms with Gasteiger partial charge in [-0.25, -0.2) is 9.48 Å². The number of nitrogens with one attached hydrogen (secondary N) is 1. The molecule has 304 valence electrons. The van der Waals surface area contributed by atoms with Gasteiger partial charge in [0, 0.05) is 25.7 Å². The molecule has 1 N–H and O–H groups in total. The summed E-state index contributed by atoms with van der Waals surface area (Å²) in [5, 5.41) is 17.6. The number of carbonyl (C=O) groups is 4. The number of amides is 2. The van der Waals surface area contributed by atoms with Crippen molar-refractivity contribution in [2.24, 2.45) is 7.05 Å². The van der Waals surface area contributed by atoms with Crippen molar-refractivity contribution in [3.63, 3.8) is 0 Å². The number of rotatable bonds is 15. The lowest BCUT2D eigenvalue weighted by Crippen LogP contribution is -2.81. The molecule has 60 heavy (non-hydrogen) atoms. The van der Waals surface area contributed by atoms with E-state index in [1.54, 1.807) is 23.9 Å². The number of nitrogens with zero attached hydrogens (tertiary/aromatic N) is 5. The number of fused-ring (bicyclic) bond motifs is 1. The molecular weight excluding hydrogens is 821 g/mol. The molecule has 1 unspecified atom stereocenters. The minimum Gasteiger partial charge on any atom is -0.452 e. The van der Waals surface area contributed by atoms with Crippen LogP contribution in [0.2, 0.25) is 0 Å². The SMILES string of the molecule is CO[C@@]1(NC(=O)C(C(=O)OC(c2ccccc2)c2ccccc2)c2ccsc2)C(=O)N2C(C(=O)OC(c3ccccc3)c3ccccc3)=C(CSc3nnnn3C)CS[C@H]21. The minimum absolute atomic E-state index is 0.0347. The maximum absolute atomic E-state index is 14.7. The standard InChI is InChI=1S/C44H38N6O7S3/c1-49-43(46-47-48-49)60-27-33-26-59-42-44(55-2,41(54)50(42)35(33)40(53)57-37(30-19-11-5-12-20-30)31-21-13-6-14-22-31)45-38(51)34(32-23-24-58-25-32)39(52)56-36(28-15-7-3-8-16-28)29-17-9-4-10-18-29/h3-25,34,36-37,42H,26-27H2,1-2H3,(H,45,51)/t34?,42-,44-/m0/s1. The van der Waals surface area contributed by atoms with Gasteiger partial charge in [0.25, 0.3) is 11.6 Å². The molecule has 2 aliphatic rings. The molecule has 0 aliphatic carbocycles. The minimum atomic E-state index is -1.94. The molecule has 2 aliphatic heterocycles. The van der Waals surface area contributed by atoms with Gasteiger partial charge < -0.3 is 19.5 Å². The van der Waals surface area contributed by atoms with Crippen molar-refractivity contribution < 1.29 is 33.4 Å². The summed E-state index contributed by atoms with van der Waals surface area (Å²) in [4.78, 5) is 59.4. The Kier molecular flexibility index (Phi) is 12.2. The average Bonchev–Trinajstić information content (AvgIpc) is 3.98. The van der Waals surface area contributed by atoms with Crippen molar-refractivity contribution >= 4 is 58.6 Å². The average molecular weight is 859 g/mol. The van der Waals surface area contributed by atoms with Crippen molar-refractivity contribution in [3.05, 3.63) is 177 Å². The Morgan fingerprint density at radius 3 is 1.85 bits per heavy atom. The van der Waals surface area contributed by atoms with Crippen LogP contribution in [0.15, 0.2) is 155 Å². The highest BCUT2D eigenvalue weighted by Gasteiger charge is 2.67. The van der Waals surface area contributed by atoms with Gasteiger partial charge in [0.05, 0.1) is 0 Å². The molecule has 13 nitrogen and oxygen atoms in total. The van der Waals surface area contributed by atoms with Crippen molar-refractivity contribution in [3.8, 4) is 0 Å². The number of esters is 2. The zero-order valence-corrected chi connectivity index (χ0v) is 34.8. The molecule has 16 heteroatoms. The number of hydrogen-bond donors (Lipinski definition) is 1. The molecule has 0 spiro atoms. The number of tetrazole rings is 1. The number of ether oxygens (including phenoxy) is 3. The third kappa shape index (κ3) is 8.10. The summed E-state index contributed by atoms with van der Waals surface area (Å²) in [7, 11) is 3.02. The Morgan fingerprint density at radius 1 is 0.817 bits per heavy atom. The fourth-order valence-electron chi connectivity index (χ4n) is 7.14. The molecule has 2 amide bonds. The molecule has 2 aromatic heterocycles. The molecule has 1 saturated heterocycles. The number of β-lactam (4-membered cyclic amide) rings is 1. The second-order valence-electron chi connectivity index (χ2n) is 13.8. The van der Waals surface area contributed by atoms with Crippen LogP contribution >= 0.6 is 34.9 Å². The number of hydrogen-bond acceptors (Lipinski definition) is 13. The normalized spacial score (nSPS) is 17.8. The van der Waals surface area contributed by atoms with Crippen LogP contribution in [0.5, 0.6) is 0 Å². The summed E-state index contributed by atoms with van der Waals surface area (Å²) in [5.41, 5.74) is 2.00. The highest BCUT2D eigenvalue weighted by molar-refractivity contribution is 8.01. The lowest BCUT2D eigenvalue weighted by molar-refractivity contribution is -0.194. The Labute approximate surface area is 358 Å². The molecule has 0 bridgehead atoms. The quantitative estimate of drug-likeness (QED) is 0.0397. The van der Waals surface area contributed by atoms with Crippen LogP contribution in [0.3, 0.4) is 0 Å². The van der Waals surface area contributed by atoms with Gasteiger partial charge in [-0.05, 0) is 60.6 Å². The van der Waals surface area contributed by atoms with E-state index in [1.165, 1.54) is 51.6 Å². The topological polar surface area (TPSA) is 155 Å². The van der Waals surface area contributed by atoms with Gasteiger partial charge in [-0.2, -0.15) is 11.3 Å². The number of thioether (sulfide) groups is 2. The van der Waals surface area contributed by atoms with Crippen LogP contribution in [0.4, 0.5) is 0 Å². The number of thiophene rings is 1. The summed E-state index contributed by atoms with van der Waals surface area (Å²) < 4.78 is 19.9. The molecule has 3 atom stereocenters. The molecule has 0 saturated carbocycles. The van der Waals surface area contributed by atoms with Crippen LogP contribution in [0.1, 0.15) is 45.9 Å². The van der Waals surface area contributed by atoms with Gasteiger partial charge in [-0.3, -0.25) is 19.3 Å². The van der Waals surface area contributed by atoms with Crippen LogP contribution in [0, 0.1) is 0 Å². The summed E-state index contributed by atoms with van der Waals surface area (Å²) in [6, 6.07) is 38.9. The number of carbonyl (C=O) groups excluding carboxylic acids is 4. The fraction of sp³-hybridized carbons (Fsp3) is 0.205. The lowest BCUT2D eigenvalue weighted by atomic mass is 9.95. The van der Waals surface area contributed by atoms with E-state index in [2.05, 4.69) is 20.8 Å². The summed E-state index contributed by atoms with van der Waals surface area (Å²) in [6.45, 7) is 0. The maximum atomic E-state index is 14.7. The first-order valence-electron chi connectivity index (χ1n) is 18.8. The maximum Gasteiger partial charge on any atom is 0.356 e. The Morgan fingerprint density at radius 2 is 1.37 bits per heavy atom. The molecule has 0 radical (unpaired) electrons. The molecule has 8 rings (SSSR count). The molecule has 1 fully saturated rings. The van der Waals surface area contributed by atoms with Gasteiger partial charge in [0.15, 0.2) is 18.1 Å². The summed E-state index contributed by atoms with van der Waals surface area (Å²) in [5.74, 6) is -3.99. The largest absolute Gasteiger partial charge is 0.452 e. The number of aryl methyl sites for hydroxylation is 1. The van der Waals surface area contributed by atoms with Gasteiger partial charge >= 0.3 is 11.9 Å². The monoisotopic (exact) mass is 858 g/mol. The number of methoxy groups -OCH3 is 1. The van der Waals surface area contributed by atoms with E-state index in [-0.39, 0.29) is 17.2 Å². The Bertz CT molecular complexity index is 2410.